The summed E-state index contributed by atoms with van der Waals surface area (Å²) >= 11 is 0. The van der Waals surface area contributed by atoms with Gasteiger partial charge in [0.15, 0.2) is 0 Å². The summed E-state index contributed by atoms with van der Waals surface area (Å²) in [5.41, 5.74) is 13.2. The third-order valence-corrected chi connectivity index (χ3v) is 1.59. The van der Waals surface area contributed by atoms with Crippen molar-refractivity contribution in [2.45, 2.75) is 6.92 Å². The van der Waals surface area contributed by atoms with Gasteiger partial charge in [-0.1, -0.05) is 12.1 Å². The molecule has 5 N–H and O–H groups in total. The summed E-state index contributed by atoms with van der Waals surface area (Å²) in [6.45, 7) is 1.92. The van der Waals surface area contributed by atoms with Crippen LogP contribution in [0.3, 0.4) is 0 Å². The van der Waals surface area contributed by atoms with Crippen LogP contribution in [0.2, 0.25) is 0 Å². The highest BCUT2D eigenvalue weighted by Gasteiger charge is 1.97. The molecule has 3 heteroatoms. The van der Waals surface area contributed by atoms with Gasteiger partial charge in [0, 0.05) is 11.3 Å². The number of amidine groups is 1. The van der Waals surface area contributed by atoms with Crippen molar-refractivity contribution in [2.75, 3.05) is 5.73 Å². The summed E-state index contributed by atoms with van der Waals surface area (Å²) in [6, 6.07) is 5.35. The van der Waals surface area contributed by atoms with Crippen LogP contribution in [0.25, 0.3) is 0 Å². The molecule has 1 aromatic carbocycles. The molecule has 0 unspecified atom stereocenters. The SMILES string of the molecule is Cc1ccc(C(=N)N)cc1N. The smallest absolute Gasteiger partial charge is 0.122 e. The fourth-order valence-electron chi connectivity index (χ4n) is 0.808. The molecule has 3 nitrogen and oxygen atoms in total. The van der Waals surface area contributed by atoms with E-state index in [0.29, 0.717) is 11.3 Å². The lowest BCUT2D eigenvalue weighted by Crippen LogP contribution is -2.11. The Morgan fingerprint density at radius 3 is 2.55 bits per heavy atom. The van der Waals surface area contributed by atoms with E-state index in [2.05, 4.69) is 0 Å². The molecule has 0 heterocycles. The van der Waals surface area contributed by atoms with E-state index in [4.69, 9.17) is 16.9 Å². The molecule has 0 fully saturated rings. The zero-order valence-corrected chi connectivity index (χ0v) is 6.39. The molecule has 0 radical (unpaired) electrons. The van der Waals surface area contributed by atoms with Gasteiger partial charge in [0.25, 0.3) is 0 Å². The lowest BCUT2D eigenvalue weighted by molar-refractivity contribution is 1.40. The third-order valence-electron chi connectivity index (χ3n) is 1.59. The van der Waals surface area contributed by atoms with Crippen molar-refractivity contribution in [2.24, 2.45) is 5.73 Å². The molecule has 0 aliphatic rings. The Labute approximate surface area is 65.5 Å². The second-order valence-corrected chi connectivity index (χ2v) is 2.49. The Bertz CT molecular complexity index is 291. The van der Waals surface area contributed by atoms with Crippen LogP contribution in [0.5, 0.6) is 0 Å². The van der Waals surface area contributed by atoms with Crippen LogP contribution < -0.4 is 11.5 Å². The summed E-state index contributed by atoms with van der Waals surface area (Å²) in [4.78, 5) is 0. The van der Waals surface area contributed by atoms with Gasteiger partial charge in [-0.2, -0.15) is 0 Å². The van der Waals surface area contributed by atoms with Gasteiger partial charge in [-0.05, 0) is 18.6 Å². The van der Waals surface area contributed by atoms with Crippen molar-refractivity contribution in [1.29, 1.82) is 5.41 Å². The Hall–Kier alpha value is -1.51. The summed E-state index contributed by atoms with van der Waals surface area (Å²) < 4.78 is 0. The second-order valence-electron chi connectivity index (χ2n) is 2.49. The van der Waals surface area contributed by atoms with Crippen molar-refractivity contribution >= 4 is 11.5 Å². The first-order chi connectivity index (χ1) is 5.11. The number of nitrogens with one attached hydrogen (secondary N) is 1. The standard InChI is InChI=1S/C8H11N3/c1-5-2-3-6(8(10)11)4-7(5)9/h2-4H,9H2,1H3,(H3,10,11). The van der Waals surface area contributed by atoms with Gasteiger partial charge in [0.1, 0.15) is 5.84 Å². The molecule has 11 heavy (non-hydrogen) atoms. The average Bonchev–Trinajstić information content (AvgIpc) is 1.94. The molecule has 0 saturated heterocycles. The van der Waals surface area contributed by atoms with Crippen molar-refractivity contribution in [1.82, 2.24) is 0 Å². The highest BCUT2D eigenvalue weighted by molar-refractivity contribution is 5.95. The maximum absolute atomic E-state index is 7.12. The van der Waals surface area contributed by atoms with Gasteiger partial charge in [0.2, 0.25) is 0 Å². The second kappa shape index (κ2) is 2.62. The van der Waals surface area contributed by atoms with Crippen LogP contribution in [0, 0.1) is 12.3 Å². The molecular weight excluding hydrogens is 138 g/mol. The number of nitrogen functional groups attached to an aromatic ring is 2. The van der Waals surface area contributed by atoms with E-state index in [1.54, 1.807) is 12.1 Å². The van der Waals surface area contributed by atoms with E-state index < -0.39 is 0 Å². The molecule has 0 bridgehead atoms. The van der Waals surface area contributed by atoms with Gasteiger partial charge < -0.3 is 11.5 Å². The first kappa shape index (κ1) is 7.60. The number of nitrogens with two attached hydrogens (primary N) is 2. The lowest BCUT2D eigenvalue weighted by Gasteiger charge is -2.02. The fourth-order valence-corrected chi connectivity index (χ4v) is 0.808. The number of aryl methyl sites for hydroxylation is 1. The molecule has 0 atom stereocenters. The van der Waals surface area contributed by atoms with Crippen LogP contribution >= 0.6 is 0 Å². The van der Waals surface area contributed by atoms with E-state index >= 15 is 0 Å². The average molecular weight is 149 g/mol. The predicted octanol–water partition coefficient (Wildman–Crippen LogP) is 0.861. The largest absolute Gasteiger partial charge is 0.398 e. The Morgan fingerprint density at radius 2 is 2.09 bits per heavy atom. The predicted molar refractivity (Wildman–Crippen MR) is 46.6 cm³/mol. The molecule has 0 saturated carbocycles. The summed E-state index contributed by atoms with van der Waals surface area (Å²) in [6.07, 6.45) is 0. The number of anilines is 1. The van der Waals surface area contributed by atoms with Crippen molar-refractivity contribution in [3.05, 3.63) is 29.3 Å². The van der Waals surface area contributed by atoms with E-state index in [0.717, 1.165) is 5.56 Å². The van der Waals surface area contributed by atoms with E-state index in [1.807, 2.05) is 13.0 Å². The zero-order valence-electron chi connectivity index (χ0n) is 6.39. The normalized spacial score (nSPS) is 9.55. The van der Waals surface area contributed by atoms with Crippen molar-refractivity contribution < 1.29 is 0 Å². The summed E-state index contributed by atoms with van der Waals surface area (Å²) in [5.74, 6) is 0.0525. The van der Waals surface area contributed by atoms with Crippen LogP contribution in [-0.2, 0) is 0 Å². The Morgan fingerprint density at radius 1 is 1.45 bits per heavy atom. The molecule has 1 rings (SSSR count). The minimum absolute atomic E-state index is 0.0525. The molecule has 0 aliphatic heterocycles. The third kappa shape index (κ3) is 1.49. The summed E-state index contributed by atoms with van der Waals surface area (Å²) in [7, 11) is 0. The Balaban J connectivity index is 3.15. The maximum atomic E-state index is 7.12. The molecule has 0 spiro atoms. The van der Waals surface area contributed by atoms with Crippen LogP contribution in [-0.4, -0.2) is 5.84 Å². The van der Waals surface area contributed by atoms with Gasteiger partial charge in [-0.25, -0.2) is 0 Å². The quantitative estimate of drug-likeness (QED) is 0.314. The highest BCUT2D eigenvalue weighted by atomic mass is 14.7. The van der Waals surface area contributed by atoms with E-state index in [-0.39, 0.29) is 5.84 Å². The number of benzene rings is 1. The van der Waals surface area contributed by atoms with Crippen LogP contribution in [0.4, 0.5) is 5.69 Å². The molecule has 1 aromatic rings. The van der Waals surface area contributed by atoms with E-state index in [9.17, 15) is 0 Å². The zero-order chi connectivity index (χ0) is 8.43. The summed E-state index contributed by atoms with van der Waals surface area (Å²) in [5, 5.41) is 7.12. The topological polar surface area (TPSA) is 75.9 Å². The molecule has 58 valence electrons. The first-order valence-electron chi connectivity index (χ1n) is 3.32. The van der Waals surface area contributed by atoms with Gasteiger partial charge in [-0.15, -0.1) is 0 Å². The Kier molecular flexibility index (Phi) is 1.81. The number of hydrogen-bond acceptors (Lipinski definition) is 2. The number of hydrogen-bond donors (Lipinski definition) is 3. The van der Waals surface area contributed by atoms with Crippen LogP contribution in [0.15, 0.2) is 18.2 Å². The van der Waals surface area contributed by atoms with Crippen molar-refractivity contribution in [3.63, 3.8) is 0 Å². The monoisotopic (exact) mass is 149 g/mol. The maximum Gasteiger partial charge on any atom is 0.122 e. The van der Waals surface area contributed by atoms with Crippen molar-refractivity contribution in [3.8, 4) is 0 Å². The molecule has 0 aromatic heterocycles. The molecule has 0 amide bonds. The molecule has 0 aliphatic carbocycles. The minimum Gasteiger partial charge on any atom is -0.398 e. The minimum atomic E-state index is 0.0525. The van der Waals surface area contributed by atoms with Crippen LogP contribution in [0.1, 0.15) is 11.1 Å². The lowest BCUT2D eigenvalue weighted by atomic mass is 10.1. The van der Waals surface area contributed by atoms with Gasteiger partial charge >= 0.3 is 0 Å². The van der Waals surface area contributed by atoms with E-state index in [1.165, 1.54) is 0 Å². The first-order valence-corrected chi connectivity index (χ1v) is 3.32. The highest BCUT2D eigenvalue weighted by Crippen LogP contribution is 2.11. The molecular formula is C8H11N3. The number of rotatable bonds is 1. The fraction of sp³-hybridized carbons (Fsp3) is 0.125. The van der Waals surface area contributed by atoms with Gasteiger partial charge in [-0.3, -0.25) is 5.41 Å². The van der Waals surface area contributed by atoms with Gasteiger partial charge in [0.05, 0.1) is 0 Å².